The summed E-state index contributed by atoms with van der Waals surface area (Å²) in [4.78, 5) is 10.1. The van der Waals surface area contributed by atoms with Gasteiger partial charge in [0, 0.05) is 12.3 Å². The van der Waals surface area contributed by atoms with Gasteiger partial charge in [0.25, 0.3) is 0 Å². The van der Waals surface area contributed by atoms with Crippen molar-refractivity contribution in [2.45, 2.75) is 12.1 Å². The molecular formula is C6H12NO3S. The molecule has 11 heavy (non-hydrogen) atoms. The first-order valence-corrected chi connectivity index (χ1v) is 3.88. The van der Waals surface area contributed by atoms with Crippen LogP contribution in [0.1, 0.15) is 0 Å². The molecular weight excluding hydrogens is 166 g/mol. The molecule has 0 amide bonds. The summed E-state index contributed by atoms with van der Waals surface area (Å²) in [6.07, 6.45) is 0.873. The van der Waals surface area contributed by atoms with Crippen LogP contribution in [0, 0.1) is 0 Å². The van der Waals surface area contributed by atoms with Gasteiger partial charge in [0.15, 0.2) is 0 Å². The number of hydrogen-bond donors (Lipinski definition) is 4. The topological polar surface area (TPSA) is 69.6 Å². The fourth-order valence-corrected chi connectivity index (χ4v) is 0.690. The predicted molar refractivity (Wildman–Crippen MR) is 44.4 cm³/mol. The van der Waals surface area contributed by atoms with Crippen LogP contribution in [0.2, 0.25) is 0 Å². The maximum Gasteiger partial charge on any atom is 0.217 e. The Morgan fingerprint density at radius 3 is 2.64 bits per heavy atom. The van der Waals surface area contributed by atoms with E-state index in [2.05, 4.69) is 17.9 Å². The average molecular weight is 178 g/mol. The number of rotatable bonds is 6. The Labute approximate surface area is 71.0 Å². The lowest BCUT2D eigenvalue weighted by molar-refractivity contribution is 0.0939. The first-order chi connectivity index (χ1) is 5.24. The van der Waals surface area contributed by atoms with Crippen LogP contribution in [0.5, 0.6) is 0 Å². The van der Waals surface area contributed by atoms with E-state index in [-0.39, 0.29) is 13.2 Å². The number of thiol groups is 1. The molecule has 0 spiro atoms. The highest BCUT2D eigenvalue weighted by atomic mass is 32.1. The van der Waals surface area contributed by atoms with Crippen LogP contribution in [-0.4, -0.2) is 47.5 Å². The minimum absolute atomic E-state index is 0.178. The van der Waals surface area contributed by atoms with Gasteiger partial charge in [0.05, 0.1) is 18.8 Å². The lowest BCUT2D eigenvalue weighted by Gasteiger charge is -2.11. The van der Waals surface area contributed by atoms with Crippen molar-refractivity contribution in [1.29, 1.82) is 0 Å². The van der Waals surface area contributed by atoms with Crippen LogP contribution >= 0.6 is 12.6 Å². The first-order valence-electron chi connectivity index (χ1n) is 3.25. The summed E-state index contributed by atoms with van der Waals surface area (Å²) in [5.74, 6) is 0.335. The van der Waals surface area contributed by atoms with Gasteiger partial charge < -0.3 is 15.5 Å². The summed E-state index contributed by atoms with van der Waals surface area (Å²) in [7, 11) is 0. The summed E-state index contributed by atoms with van der Waals surface area (Å²) in [5.41, 5.74) is 0. The normalized spacial score (nSPS) is 15.9. The zero-order valence-corrected chi connectivity index (χ0v) is 6.92. The maximum absolute atomic E-state index is 10.1. The minimum Gasteiger partial charge on any atom is -0.394 e. The molecule has 0 aliphatic rings. The van der Waals surface area contributed by atoms with Crippen molar-refractivity contribution >= 4 is 18.9 Å². The number of aliphatic hydroxyl groups is 2. The van der Waals surface area contributed by atoms with Gasteiger partial charge in [0.2, 0.25) is 6.29 Å². The third-order valence-electron chi connectivity index (χ3n) is 1.14. The molecule has 0 aliphatic heterocycles. The highest BCUT2D eigenvalue weighted by molar-refractivity contribution is 7.80. The van der Waals surface area contributed by atoms with Gasteiger partial charge in [-0.25, -0.2) is 0 Å². The number of carbonyl (C=O) groups excluding carboxylic acids is 1. The quantitative estimate of drug-likeness (QED) is 0.367. The smallest absolute Gasteiger partial charge is 0.217 e. The third-order valence-corrected chi connectivity index (χ3v) is 1.50. The molecule has 65 valence electrons. The molecule has 0 heterocycles. The van der Waals surface area contributed by atoms with Crippen molar-refractivity contribution in [3.8, 4) is 0 Å². The number of hydrogen-bond acceptors (Lipinski definition) is 5. The molecule has 0 saturated heterocycles. The SMILES string of the molecule is O=[C][C@H](CS)NCC(O)CO. The summed E-state index contributed by atoms with van der Waals surface area (Å²) in [6.45, 7) is -0.137. The average Bonchev–Trinajstić information content (AvgIpc) is 2.06. The fraction of sp³-hybridized carbons (Fsp3) is 0.833. The Kier molecular flexibility index (Phi) is 6.54. The molecule has 0 aromatic heterocycles. The second-order valence-corrected chi connectivity index (χ2v) is 2.46. The van der Waals surface area contributed by atoms with E-state index in [0.717, 1.165) is 0 Å². The van der Waals surface area contributed by atoms with Crippen molar-refractivity contribution in [1.82, 2.24) is 5.32 Å². The molecule has 0 aromatic rings. The molecule has 0 aliphatic carbocycles. The zero-order valence-electron chi connectivity index (χ0n) is 6.03. The second-order valence-electron chi connectivity index (χ2n) is 2.10. The Morgan fingerprint density at radius 1 is 1.64 bits per heavy atom. The molecule has 3 N–H and O–H groups in total. The summed E-state index contributed by atoms with van der Waals surface area (Å²) < 4.78 is 0. The molecule has 1 unspecified atom stereocenters. The summed E-state index contributed by atoms with van der Waals surface area (Å²) in [5, 5.41) is 19.9. The van der Waals surface area contributed by atoms with Gasteiger partial charge in [-0.3, -0.25) is 4.79 Å². The van der Waals surface area contributed by atoms with Crippen molar-refractivity contribution in [3.05, 3.63) is 0 Å². The predicted octanol–water partition coefficient (Wildman–Crippen LogP) is -1.66. The molecule has 2 atom stereocenters. The van der Waals surface area contributed by atoms with Crippen LogP contribution in [-0.2, 0) is 4.79 Å². The van der Waals surface area contributed by atoms with Crippen molar-refractivity contribution < 1.29 is 15.0 Å². The summed E-state index contributed by atoms with van der Waals surface area (Å²) >= 11 is 3.86. The van der Waals surface area contributed by atoms with Gasteiger partial charge >= 0.3 is 0 Å². The van der Waals surface area contributed by atoms with E-state index in [4.69, 9.17) is 10.2 Å². The third kappa shape index (κ3) is 5.20. The van der Waals surface area contributed by atoms with Gasteiger partial charge in [0.1, 0.15) is 0 Å². The molecule has 0 bridgehead atoms. The molecule has 5 heteroatoms. The van der Waals surface area contributed by atoms with Crippen molar-refractivity contribution in [2.75, 3.05) is 18.9 Å². The van der Waals surface area contributed by atoms with Crippen molar-refractivity contribution in [3.63, 3.8) is 0 Å². The van der Waals surface area contributed by atoms with E-state index in [1.54, 1.807) is 6.29 Å². The van der Waals surface area contributed by atoms with Crippen LogP contribution in [0.4, 0.5) is 0 Å². The molecule has 4 nitrogen and oxygen atoms in total. The van der Waals surface area contributed by atoms with E-state index in [9.17, 15) is 4.79 Å². The number of aliphatic hydroxyl groups excluding tert-OH is 2. The van der Waals surface area contributed by atoms with Crippen molar-refractivity contribution in [2.24, 2.45) is 0 Å². The van der Waals surface area contributed by atoms with Crippen LogP contribution < -0.4 is 5.32 Å². The monoisotopic (exact) mass is 178 g/mol. The van der Waals surface area contributed by atoms with Crippen LogP contribution in [0.25, 0.3) is 0 Å². The highest BCUT2D eigenvalue weighted by Crippen LogP contribution is 1.84. The van der Waals surface area contributed by atoms with Crippen LogP contribution in [0.15, 0.2) is 0 Å². The van der Waals surface area contributed by atoms with E-state index >= 15 is 0 Å². The Balaban J connectivity index is 3.41. The largest absolute Gasteiger partial charge is 0.394 e. The van der Waals surface area contributed by atoms with E-state index in [1.165, 1.54) is 0 Å². The van der Waals surface area contributed by atoms with Crippen LogP contribution in [0.3, 0.4) is 0 Å². The van der Waals surface area contributed by atoms with Gasteiger partial charge in [-0.05, 0) is 0 Å². The second kappa shape index (κ2) is 6.60. The lowest BCUT2D eigenvalue weighted by atomic mass is 10.3. The van der Waals surface area contributed by atoms with Gasteiger partial charge in [-0.1, -0.05) is 0 Å². The van der Waals surface area contributed by atoms with Gasteiger partial charge in [-0.2, -0.15) is 12.6 Å². The van der Waals surface area contributed by atoms with E-state index < -0.39 is 12.1 Å². The van der Waals surface area contributed by atoms with Gasteiger partial charge in [-0.15, -0.1) is 0 Å². The Bertz CT molecular complexity index is 112. The maximum atomic E-state index is 10.1. The molecule has 0 fully saturated rings. The highest BCUT2D eigenvalue weighted by Gasteiger charge is 2.07. The lowest BCUT2D eigenvalue weighted by Crippen LogP contribution is -2.38. The molecule has 0 aromatic carbocycles. The molecule has 1 radical (unpaired) electrons. The minimum atomic E-state index is -0.828. The van der Waals surface area contributed by atoms with E-state index in [0.29, 0.717) is 5.75 Å². The standard InChI is InChI=1S/C6H12NO3S/c8-2-5(4-11)7-1-6(10)3-9/h5-7,9-11H,1,3-4H2/t5-,6?/m1/s1. The fourth-order valence-electron chi connectivity index (χ4n) is 0.486. The zero-order chi connectivity index (χ0) is 8.69. The Hall–Kier alpha value is -0.100. The number of nitrogens with one attached hydrogen (secondary N) is 1. The molecule has 0 rings (SSSR count). The molecule has 0 saturated carbocycles. The first kappa shape index (κ1) is 10.9. The van der Waals surface area contributed by atoms with E-state index in [1.807, 2.05) is 0 Å². The summed E-state index contributed by atoms with van der Waals surface area (Å²) in [6, 6.07) is -0.473. The Morgan fingerprint density at radius 2 is 2.27 bits per heavy atom.